The SMILES string of the molecule is C=C(C#CC)OCC(F)(F)F. The van der Waals surface area contributed by atoms with Crippen molar-refractivity contribution in [2.75, 3.05) is 6.61 Å². The van der Waals surface area contributed by atoms with Gasteiger partial charge in [-0.3, -0.25) is 0 Å². The molecule has 0 fully saturated rings. The highest BCUT2D eigenvalue weighted by Gasteiger charge is 2.28. The molecule has 4 heteroatoms. The number of rotatable bonds is 2. The first kappa shape index (κ1) is 9.89. The number of hydrogen-bond acceptors (Lipinski definition) is 1. The van der Waals surface area contributed by atoms with Crippen molar-refractivity contribution in [3.63, 3.8) is 0 Å². The van der Waals surface area contributed by atoms with E-state index in [0.717, 1.165) is 0 Å². The van der Waals surface area contributed by atoms with Crippen molar-refractivity contribution in [3.05, 3.63) is 12.3 Å². The molecule has 0 aliphatic rings. The molecule has 11 heavy (non-hydrogen) atoms. The molecule has 1 nitrogen and oxygen atoms in total. The van der Waals surface area contributed by atoms with Crippen LogP contribution in [-0.2, 0) is 4.74 Å². The second kappa shape index (κ2) is 3.91. The Morgan fingerprint density at radius 3 is 2.45 bits per heavy atom. The molecule has 0 radical (unpaired) electrons. The van der Waals surface area contributed by atoms with Gasteiger partial charge in [-0.25, -0.2) is 0 Å². The summed E-state index contributed by atoms with van der Waals surface area (Å²) < 4.78 is 38.5. The van der Waals surface area contributed by atoms with Crippen LogP contribution in [0.3, 0.4) is 0 Å². The maximum atomic E-state index is 11.4. The summed E-state index contributed by atoms with van der Waals surface area (Å²) in [7, 11) is 0. The van der Waals surface area contributed by atoms with E-state index in [-0.39, 0.29) is 5.76 Å². The maximum absolute atomic E-state index is 11.4. The van der Waals surface area contributed by atoms with E-state index in [9.17, 15) is 13.2 Å². The molecule has 0 amide bonds. The molecule has 0 aliphatic carbocycles. The topological polar surface area (TPSA) is 9.23 Å². The Balaban J connectivity index is 3.69. The Hall–Kier alpha value is -1.11. The third-order valence-electron chi connectivity index (χ3n) is 0.674. The Kier molecular flexibility index (Phi) is 3.52. The first-order chi connectivity index (χ1) is 4.95. The molecule has 0 atom stereocenters. The molecule has 0 spiro atoms. The zero-order chi connectivity index (χ0) is 8.91. The number of allylic oxidation sites excluding steroid dienone is 1. The smallest absolute Gasteiger partial charge is 0.422 e. The molecular weight excluding hydrogens is 157 g/mol. The van der Waals surface area contributed by atoms with Crippen LogP contribution in [0.15, 0.2) is 12.3 Å². The molecule has 0 N–H and O–H groups in total. The predicted octanol–water partition coefficient (Wildman–Crippen LogP) is 2.10. The van der Waals surface area contributed by atoms with E-state index in [1.54, 1.807) is 0 Å². The van der Waals surface area contributed by atoms with Crippen LogP contribution >= 0.6 is 0 Å². The van der Waals surface area contributed by atoms with Gasteiger partial charge in [-0.05, 0) is 19.4 Å². The summed E-state index contributed by atoms with van der Waals surface area (Å²) in [5.41, 5.74) is 0. The average molecular weight is 164 g/mol. The molecular formula is C7H7F3O. The van der Waals surface area contributed by atoms with Crippen molar-refractivity contribution in [2.45, 2.75) is 13.1 Å². The molecule has 0 unspecified atom stereocenters. The van der Waals surface area contributed by atoms with E-state index in [1.165, 1.54) is 6.92 Å². The Labute approximate surface area is 62.8 Å². The van der Waals surface area contributed by atoms with Gasteiger partial charge >= 0.3 is 6.18 Å². The molecule has 0 rings (SSSR count). The van der Waals surface area contributed by atoms with Gasteiger partial charge in [-0.2, -0.15) is 13.2 Å². The second-order valence-electron chi connectivity index (χ2n) is 1.70. The van der Waals surface area contributed by atoms with Crippen molar-refractivity contribution in [1.82, 2.24) is 0 Å². The monoisotopic (exact) mass is 164 g/mol. The van der Waals surface area contributed by atoms with Gasteiger partial charge in [-0.15, -0.1) is 0 Å². The van der Waals surface area contributed by atoms with E-state index in [4.69, 9.17) is 0 Å². The molecule has 0 aromatic heterocycles. The fourth-order valence-electron chi connectivity index (χ4n) is 0.344. The maximum Gasteiger partial charge on any atom is 0.422 e. The van der Waals surface area contributed by atoms with Crippen molar-refractivity contribution in [3.8, 4) is 11.8 Å². The van der Waals surface area contributed by atoms with Crippen LogP contribution in [0.25, 0.3) is 0 Å². The number of halogens is 3. The van der Waals surface area contributed by atoms with Crippen LogP contribution in [0.1, 0.15) is 6.92 Å². The van der Waals surface area contributed by atoms with Gasteiger partial charge in [0.1, 0.15) is 0 Å². The van der Waals surface area contributed by atoms with Crippen molar-refractivity contribution in [2.24, 2.45) is 0 Å². The zero-order valence-corrected chi connectivity index (χ0v) is 5.96. The lowest BCUT2D eigenvalue weighted by Crippen LogP contribution is -2.16. The van der Waals surface area contributed by atoms with E-state index < -0.39 is 12.8 Å². The summed E-state index contributed by atoms with van der Waals surface area (Å²) in [4.78, 5) is 0. The lowest BCUT2D eigenvalue weighted by Gasteiger charge is -2.06. The molecule has 0 bridgehead atoms. The minimum atomic E-state index is -4.32. The molecule has 0 aromatic rings. The summed E-state index contributed by atoms with van der Waals surface area (Å²) in [6, 6.07) is 0. The Morgan fingerprint density at radius 2 is 2.09 bits per heavy atom. The van der Waals surface area contributed by atoms with E-state index in [1.807, 2.05) is 0 Å². The highest BCUT2D eigenvalue weighted by atomic mass is 19.4. The van der Waals surface area contributed by atoms with Gasteiger partial charge in [0.25, 0.3) is 0 Å². The standard InChI is InChI=1S/C7H7F3O/c1-3-4-6(2)11-5-7(8,9)10/h2,5H2,1H3. The van der Waals surface area contributed by atoms with Crippen LogP contribution in [-0.4, -0.2) is 12.8 Å². The minimum Gasteiger partial charge on any atom is -0.477 e. The molecule has 0 saturated heterocycles. The second-order valence-corrected chi connectivity index (χ2v) is 1.70. The molecule has 62 valence electrons. The van der Waals surface area contributed by atoms with E-state index in [2.05, 4.69) is 23.2 Å². The largest absolute Gasteiger partial charge is 0.477 e. The third-order valence-corrected chi connectivity index (χ3v) is 0.674. The van der Waals surface area contributed by atoms with Crippen LogP contribution < -0.4 is 0 Å². The quantitative estimate of drug-likeness (QED) is 0.448. The molecule has 0 aromatic carbocycles. The Bertz CT molecular complexity index is 194. The summed E-state index contributed by atoms with van der Waals surface area (Å²) in [5, 5.41) is 0. The van der Waals surface area contributed by atoms with Gasteiger partial charge in [0.15, 0.2) is 12.4 Å². The highest BCUT2D eigenvalue weighted by molar-refractivity contribution is 5.18. The van der Waals surface area contributed by atoms with Crippen LogP contribution in [0.5, 0.6) is 0 Å². The summed E-state index contributed by atoms with van der Waals surface area (Å²) >= 11 is 0. The van der Waals surface area contributed by atoms with Crippen LogP contribution in [0.2, 0.25) is 0 Å². The van der Waals surface area contributed by atoms with Gasteiger partial charge in [0.2, 0.25) is 0 Å². The summed E-state index contributed by atoms with van der Waals surface area (Å²) in [6.45, 7) is 3.31. The number of hydrogen-bond donors (Lipinski definition) is 0. The lowest BCUT2D eigenvalue weighted by atomic mass is 10.5. The van der Waals surface area contributed by atoms with E-state index in [0.29, 0.717) is 0 Å². The van der Waals surface area contributed by atoms with Crippen LogP contribution in [0.4, 0.5) is 13.2 Å². The number of ether oxygens (including phenoxy) is 1. The van der Waals surface area contributed by atoms with Crippen molar-refractivity contribution >= 4 is 0 Å². The predicted molar refractivity (Wildman–Crippen MR) is 34.6 cm³/mol. The fourth-order valence-corrected chi connectivity index (χ4v) is 0.344. The molecule has 0 aliphatic heterocycles. The highest BCUT2D eigenvalue weighted by Crippen LogP contribution is 2.15. The molecule has 0 heterocycles. The van der Waals surface area contributed by atoms with Gasteiger partial charge in [0, 0.05) is 0 Å². The van der Waals surface area contributed by atoms with Crippen molar-refractivity contribution < 1.29 is 17.9 Å². The Morgan fingerprint density at radius 1 is 1.55 bits per heavy atom. The van der Waals surface area contributed by atoms with Crippen molar-refractivity contribution in [1.29, 1.82) is 0 Å². The normalized spacial score (nSPS) is 9.82. The summed E-state index contributed by atoms with van der Waals surface area (Å²) in [5.74, 6) is 4.45. The molecule has 0 saturated carbocycles. The van der Waals surface area contributed by atoms with Gasteiger partial charge in [0.05, 0.1) is 0 Å². The first-order valence-corrected chi connectivity index (χ1v) is 2.77. The summed E-state index contributed by atoms with van der Waals surface area (Å²) in [6.07, 6.45) is -4.32. The van der Waals surface area contributed by atoms with E-state index >= 15 is 0 Å². The number of alkyl halides is 3. The minimum absolute atomic E-state index is 0.162. The average Bonchev–Trinajstić information content (AvgIpc) is 1.83. The lowest BCUT2D eigenvalue weighted by molar-refractivity contribution is -0.163. The van der Waals surface area contributed by atoms with Gasteiger partial charge in [-0.1, -0.05) is 5.92 Å². The fraction of sp³-hybridized carbons (Fsp3) is 0.429. The van der Waals surface area contributed by atoms with Crippen LogP contribution in [0, 0.1) is 11.8 Å². The third kappa shape index (κ3) is 6.78. The zero-order valence-electron chi connectivity index (χ0n) is 5.96. The first-order valence-electron chi connectivity index (χ1n) is 2.77. The van der Waals surface area contributed by atoms with Gasteiger partial charge < -0.3 is 4.74 Å².